The Morgan fingerprint density at radius 2 is 1.94 bits per heavy atom. The van der Waals surface area contributed by atoms with Crippen LogP contribution in [0.2, 0.25) is 5.02 Å². The molecule has 2 aromatic rings. The van der Waals surface area contributed by atoms with Gasteiger partial charge in [0.25, 0.3) is 0 Å². The van der Waals surface area contributed by atoms with Gasteiger partial charge in [-0.2, -0.15) is 0 Å². The summed E-state index contributed by atoms with van der Waals surface area (Å²) in [6.07, 6.45) is 2.62. The quantitative estimate of drug-likeness (QED) is 0.907. The van der Waals surface area contributed by atoms with Gasteiger partial charge >= 0.3 is 0 Å². The average molecular weight is 248 g/mol. The zero-order chi connectivity index (χ0) is 12.3. The predicted molar refractivity (Wildman–Crippen MR) is 70.0 cm³/mol. The molecule has 0 unspecified atom stereocenters. The molecular weight excluding hydrogens is 234 g/mol. The fraction of sp³-hybridized carbons (Fsp3) is 0.231. The van der Waals surface area contributed by atoms with Crippen molar-refractivity contribution in [1.82, 2.24) is 9.97 Å². The summed E-state index contributed by atoms with van der Waals surface area (Å²) >= 11 is 5.88. The minimum absolute atomic E-state index is 0.590. The summed E-state index contributed by atoms with van der Waals surface area (Å²) in [4.78, 5) is 8.69. The van der Waals surface area contributed by atoms with E-state index in [0.717, 1.165) is 34.1 Å². The van der Waals surface area contributed by atoms with E-state index in [2.05, 4.69) is 9.97 Å². The van der Waals surface area contributed by atoms with Crippen molar-refractivity contribution in [2.24, 2.45) is 5.73 Å². The van der Waals surface area contributed by atoms with Gasteiger partial charge < -0.3 is 5.73 Å². The van der Waals surface area contributed by atoms with Crippen LogP contribution in [-0.2, 0) is 6.42 Å². The van der Waals surface area contributed by atoms with Crippen LogP contribution in [0.1, 0.15) is 11.4 Å². The smallest absolute Gasteiger partial charge is 0.125 e. The first kappa shape index (κ1) is 12.0. The van der Waals surface area contributed by atoms with Gasteiger partial charge in [-0.3, -0.25) is 0 Å². The van der Waals surface area contributed by atoms with Crippen LogP contribution >= 0.6 is 11.6 Å². The van der Waals surface area contributed by atoms with Gasteiger partial charge in [-0.1, -0.05) is 23.7 Å². The highest BCUT2D eigenvalue weighted by Gasteiger charge is 2.07. The number of nitrogens with zero attached hydrogens (tertiary/aromatic N) is 2. The fourth-order valence-corrected chi connectivity index (χ4v) is 1.82. The van der Waals surface area contributed by atoms with Crippen molar-refractivity contribution < 1.29 is 0 Å². The summed E-state index contributed by atoms with van der Waals surface area (Å²) < 4.78 is 0. The molecule has 0 aliphatic rings. The average Bonchev–Trinajstić information content (AvgIpc) is 2.33. The molecule has 1 aromatic carbocycles. The van der Waals surface area contributed by atoms with Crippen LogP contribution in [0, 0.1) is 6.92 Å². The van der Waals surface area contributed by atoms with E-state index in [9.17, 15) is 0 Å². The monoisotopic (exact) mass is 247 g/mol. The number of benzene rings is 1. The van der Waals surface area contributed by atoms with Crippen molar-refractivity contribution in [2.45, 2.75) is 13.3 Å². The van der Waals surface area contributed by atoms with E-state index in [0.29, 0.717) is 6.54 Å². The molecule has 0 atom stereocenters. The maximum atomic E-state index is 5.88. The van der Waals surface area contributed by atoms with E-state index in [1.54, 1.807) is 0 Å². The zero-order valence-corrected chi connectivity index (χ0v) is 10.4. The molecule has 4 heteroatoms. The van der Waals surface area contributed by atoms with Crippen LogP contribution < -0.4 is 5.73 Å². The Labute approximate surface area is 106 Å². The van der Waals surface area contributed by atoms with E-state index in [1.165, 1.54) is 0 Å². The first-order valence-corrected chi connectivity index (χ1v) is 5.87. The minimum Gasteiger partial charge on any atom is -0.330 e. The van der Waals surface area contributed by atoms with Gasteiger partial charge in [0.15, 0.2) is 0 Å². The van der Waals surface area contributed by atoms with Crippen LogP contribution in [0.3, 0.4) is 0 Å². The van der Waals surface area contributed by atoms with Crippen LogP contribution in [0.15, 0.2) is 30.5 Å². The third kappa shape index (κ3) is 2.81. The van der Waals surface area contributed by atoms with E-state index >= 15 is 0 Å². The predicted octanol–water partition coefficient (Wildman–Crippen LogP) is 2.61. The summed E-state index contributed by atoms with van der Waals surface area (Å²) in [5.74, 6) is 0.760. The molecule has 0 saturated heterocycles. The Kier molecular flexibility index (Phi) is 3.71. The SMILES string of the molecule is Cc1ncc(CCN)c(-c2ccc(Cl)cc2)n1. The number of hydrogen-bond donors (Lipinski definition) is 1. The second-order valence-corrected chi connectivity index (χ2v) is 4.27. The van der Waals surface area contributed by atoms with Gasteiger partial charge in [-0.05, 0) is 37.6 Å². The molecule has 0 amide bonds. The van der Waals surface area contributed by atoms with E-state index in [4.69, 9.17) is 17.3 Å². The van der Waals surface area contributed by atoms with Crippen LogP contribution in [0.25, 0.3) is 11.3 Å². The van der Waals surface area contributed by atoms with Gasteiger partial charge in [0.2, 0.25) is 0 Å². The number of aromatic nitrogens is 2. The molecule has 88 valence electrons. The van der Waals surface area contributed by atoms with E-state index < -0.39 is 0 Å². The maximum Gasteiger partial charge on any atom is 0.125 e. The molecule has 0 radical (unpaired) electrons. The van der Waals surface area contributed by atoms with Crippen LogP contribution in [0.4, 0.5) is 0 Å². The van der Waals surface area contributed by atoms with Crippen molar-refractivity contribution in [3.63, 3.8) is 0 Å². The van der Waals surface area contributed by atoms with Gasteiger partial charge in [0.05, 0.1) is 5.69 Å². The lowest BCUT2D eigenvalue weighted by atomic mass is 10.1. The molecule has 1 heterocycles. The molecular formula is C13H14ClN3. The lowest BCUT2D eigenvalue weighted by Gasteiger charge is -2.08. The topological polar surface area (TPSA) is 51.8 Å². The largest absolute Gasteiger partial charge is 0.330 e. The highest BCUT2D eigenvalue weighted by atomic mass is 35.5. The summed E-state index contributed by atoms with van der Waals surface area (Å²) in [6, 6.07) is 7.65. The number of hydrogen-bond acceptors (Lipinski definition) is 3. The Bertz CT molecular complexity index is 509. The molecule has 0 aliphatic carbocycles. The number of rotatable bonds is 3. The summed E-state index contributed by atoms with van der Waals surface area (Å²) in [5, 5.41) is 0.722. The molecule has 2 rings (SSSR count). The van der Waals surface area contributed by atoms with Crippen molar-refractivity contribution in [2.75, 3.05) is 6.54 Å². The van der Waals surface area contributed by atoms with E-state index in [1.807, 2.05) is 37.4 Å². The molecule has 0 saturated carbocycles. The number of nitrogens with two attached hydrogens (primary N) is 1. The summed E-state index contributed by atoms with van der Waals surface area (Å²) in [6.45, 7) is 2.47. The fourth-order valence-electron chi connectivity index (χ4n) is 1.69. The summed E-state index contributed by atoms with van der Waals surface area (Å²) in [7, 11) is 0. The second-order valence-electron chi connectivity index (χ2n) is 3.84. The highest BCUT2D eigenvalue weighted by Crippen LogP contribution is 2.23. The van der Waals surface area contributed by atoms with Gasteiger partial charge in [-0.15, -0.1) is 0 Å². The molecule has 3 nitrogen and oxygen atoms in total. The highest BCUT2D eigenvalue weighted by molar-refractivity contribution is 6.30. The maximum absolute atomic E-state index is 5.88. The first-order valence-electron chi connectivity index (χ1n) is 5.49. The molecule has 17 heavy (non-hydrogen) atoms. The Hall–Kier alpha value is -1.45. The Morgan fingerprint density at radius 1 is 1.24 bits per heavy atom. The third-order valence-corrected chi connectivity index (χ3v) is 2.77. The van der Waals surface area contributed by atoms with Crippen LogP contribution in [0.5, 0.6) is 0 Å². The minimum atomic E-state index is 0.590. The lowest BCUT2D eigenvalue weighted by Crippen LogP contribution is -2.06. The number of halogens is 1. The number of aryl methyl sites for hydroxylation is 1. The van der Waals surface area contributed by atoms with Crippen molar-refractivity contribution in [1.29, 1.82) is 0 Å². The normalized spacial score (nSPS) is 10.5. The van der Waals surface area contributed by atoms with Gasteiger partial charge in [-0.25, -0.2) is 9.97 Å². The molecule has 0 fully saturated rings. The van der Waals surface area contributed by atoms with Crippen molar-refractivity contribution in [3.05, 3.63) is 46.9 Å². The van der Waals surface area contributed by atoms with Crippen molar-refractivity contribution >= 4 is 11.6 Å². The summed E-state index contributed by atoms with van der Waals surface area (Å²) in [5.41, 5.74) is 8.65. The molecule has 1 aromatic heterocycles. The third-order valence-electron chi connectivity index (χ3n) is 2.52. The zero-order valence-electron chi connectivity index (χ0n) is 9.65. The Balaban J connectivity index is 2.48. The molecule has 0 aliphatic heterocycles. The second kappa shape index (κ2) is 5.25. The van der Waals surface area contributed by atoms with Crippen LogP contribution in [-0.4, -0.2) is 16.5 Å². The standard InChI is InChI=1S/C13H14ClN3/c1-9-16-8-11(6-7-15)13(17-9)10-2-4-12(14)5-3-10/h2-5,8H,6-7,15H2,1H3. The molecule has 2 N–H and O–H groups in total. The van der Waals surface area contributed by atoms with Crippen molar-refractivity contribution in [3.8, 4) is 11.3 Å². The molecule has 0 bridgehead atoms. The Morgan fingerprint density at radius 3 is 2.59 bits per heavy atom. The molecule has 0 spiro atoms. The van der Waals surface area contributed by atoms with E-state index in [-0.39, 0.29) is 0 Å². The van der Waals surface area contributed by atoms with Gasteiger partial charge in [0, 0.05) is 16.8 Å². The lowest BCUT2D eigenvalue weighted by molar-refractivity contribution is 0.929. The van der Waals surface area contributed by atoms with Gasteiger partial charge in [0.1, 0.15) is 5.82 Å². The first-order chi connectivity index (χ1) is 8.20.